The van der Waals surface area contributed by atoms with Crippen molar-refractivity contribution in [2.45, 2.75) is 6.61 Å². The van der Waals surface area contributed by atoms with Crippen LogP contribution in [-0.4, -0.2) is 4.98 Å². The summed E-state index contributed by atoms with van der Waals surface area (Å²) in [6.07, 6.45) is 1.69. The molecule has 15 heavy (non-hydrogen) atoms. The SMILES string of the molecule is Fc1[c]ccc(OCc2ccccn2)c1. The Hall–Kier alpha value is -1.90. The predicted molar refractivity (Wildman–Crippen MR) is 53.8 cm³/mol. The number of ether oxygens (including phenoxy) is 1. The van der Waals surface area contributed by atoms with Crippen molar-refractivity contribution in [1.29, 1.82) is 0 Å². The molecule has 2 aromatic rings. The van der Waals surface area contributed by atoms with Crippen molar-refractivity contribution in [2.24, 2.45) is 0 Å². The van der Waals surface area contributed by atoms with Gasteiger partial charge >= 0.3 is 0 Å². The van der Waals surface area contributed by atoms with Crippen molar-refractivity contribution in [3.63, 3.8) is 0 Å². The van der Waals surface area contributed by atoms with Gasteiger partial charge in [0.1, 0.15) is 18.2 Å². The second-order valence-corrected chi connectivity index (χ2v) is 2.98. The van der Waals surface area contributed by atoms with Crippen LogP contribution in [0.5, 0.6) is 5.75 Å². The van der Waals surface area contributed by atoms with Gasteiger partial charge in [-0.2, -0.15) is 0 Å². The summed E-state index contributed by atoms with van der Waals surface area (Å²) < 4.78 is 18.1. The van der Waals surface area contributed by atoms with Crippen LogP contribution < -0.4 is 4.74 Å². The lowest BCUT2D eigenvalue weighted by molar-refractivity contribution is 0.300. The molecule has 1 aromatic heterocycles. The Balaban J connectivity index is 1.99. The summed E-state index contributed by atoms with van der Waals surface area (Å²) in [6.45, 7) is 0.338. The fraction of sp³-hybridized carbons (Fsp3) is 0.0833. The summed E-state index contributed by atoms with van der Waals surface area (Å²) in [6, 6.07) is 12.4. The smallest absolute Gasteiger partial charge is 0.134 e. The normalized spacial score (nSPS) is 9.93. The fourth-order valence-corrected chi connectivity index (χ4v) is 1.15. The van der Waals surface area contributed by atoms with Crippen molar-refractivity contribution in [3.05, 3.63) is 60.2 Å². The molecule has 0 aliphatic carbocycles. The average Bonchev–Trinajstić information content (AvgIpc) is 2.28. The van der Waals surface area contributed by atoms with Crippen molar-refractivity contribution in [2.75, 3.05) is 0 Å². The van der Waals surface area contributed by atoms with Crippen molar-refractivity contribution in [3.8, 4) is 5.75 Å². The zero-order valence-electron chi connectivity index (χ0n) is 7.98. The van der Waals surface area contributed by atoms with Crippen molar-refractivity contribution < 1.29 is 9.13 Å². The number of halogens is 1. The van der Waals surface area contributed by atoms with E-state index in [1.165, 1.54) is 12.1 Å². The second kappa shape index (κ2) is 4.55. The minimum Gasteiger partial charge on any atom is -0.487 e. The summed E-state index contributed by atoms with van der Waals surface area (Å²) in [5, 5.41) is 0. The minimum atomic E-state index is -0.423. The highest BCUT2D eigenvalue weighted by molar-refractivity contribution is 5.22. The molecule has 0 N–H and O–H groups in total. The maximum atomic E-state index is 12.7. The summed E-state index contributed by atoms with van der Waals surface area (Å²) >= 11 is 0. The third-order valence-electron chi connectivity index (χ3n) is 1.85. The molecule has 0 unspecified atom stereocenters. The van der Waals surface area contributed by atoms with E-state index in [9.17, 15) is 4.39 Å². The number of rotatable bonds is 3. The molecule has 0 saturated carbocycles. The highest BCUT2D eigenvalue weighted by Gasteiger charge is 1.97. The largest absolute Gasteiger partial charge is 0.487 e. The first-order valence-electron chi connectivity index (χ1n) is 4.54. The quantitative estimate of drug-likeness (QED) is 0.763. The fourth-order valence-electron chi connectivity index (χ4n) is 1.15. The summed E-state index contributed by atoms with van der Waals surface area (Å²) in [4.78, 5) is 4.09. The lowest BCUT2D eigenvalue weighted by atomic mass is 10.3. The maximum Gasteiger partial charge on any atom is 0.134 e. The molecule has 0 bridgehead atoms. The van der Waals surface area contributed by atoms with E-state index in [1.807, 2.05) is 18.2 Å². The number of aromatic nitrogens is 1. The first-order valence-corrected chi connectivity index (χ1v) is 4.54. The van der Waals surface area contributed by atoms with E-state index < -0.39 is 5.82 Å². The Kier molecular flexibility index (Phi) is 2.93. The van der Waals surface area contributed by atoms with Crippen LogP contribution in [-0.2, 0) is 6.61 Å². The first kappa shape index (κ1) is 9.65. The van der Waals surface area contributed by atoms with E-state index >= 15 is 0 Å². The molecule has 2 rings (SSSR count). The molecule has 75 valence electrons. The molecule has 1 radical (unpaired) electrons. The maximum absolute atomic E-state index is 12.7. The summed E-state index contributed by atoms with van der Waals surface area (Å²) in [5.74, 6) is 0.0606. The number of pyridine rings is 1. The van der Waals surface area contributed by atoms with Crippen molar-refractivity contribution >= 4 is 0 Å². The molecule has 0 atom stereocenters. The lowest BCUT2D eigenvalue weighted by Crippen LogP contribution is -1.97. The topological polar surface area (TPSA) is 22.1 Å². The minimum absolute atomic E-state index is 0.338. The van der Waals surface area contributed by atoms with E-state index in [-0.39, 0.29) is 0 Å². The van der Waals surface area contributed by atoms with Crippen LogP contribution in [0, 0.1) is 11.9 Å². The molecule has 3 heteroatoms. The summed E-state index contributed by atoms with van der Waals surface area (Å²) in [5.41, 5.74) is 0.811. The predicted octanol–water partition coefficient (Wildman–Crippen LogP) is 2.60. The van der Waals surface area contributed by atoms with Gasteiger partial charge in [0.15, 0.2) is 0 Å². The van der Waals surface area contributed by atoms with Gasteiger partial charge in [-0.25, -0.2) is 4.39 Å². The van der Waals surface area contributed by atoms with Gasteiger partial charge in [-0.15, -0.1) is 0 Å². The zero-order valence-corrected chi connectivity index (χ0v) is 7.98. The van der Waals surface area contributed by atoms with E-state index in [0.717, 1.165) is 5.69 Å². The van der Waals surface area contributed by atoms with Gasteiger partial charge < -0.3 is 4.74 Å². The van der Waals surface area contributed by atoms with Gasteiger partial charge in [0.25, 0.3) is 0 Å². The molecular weight excluding hydrogens is 193 g/mol. The highest BCUT2D eigenvalue weighted by atomic mass is 19.1. The molecule has 2 nitrogen and oxygen atoms in total. The van der Waals surface area contributed by atoms with Crippen LogP contribution in [0.15, 0.2) is 42.6 Å². The molecule has 0 amide bonds. The van der Waals surface area contributed by atoms with Crippen LogP contribution in [0.3, 0.4) is 0 Å². The standard InChI is InChI=1S/C12H9FNO/c13-10-4-3-6-12(8-10)15-9-11-5-1-2-7-14-11/h1-3,5-8H,9H2. The lowest BCUT2D eigenvalue weighted by Gasteiger charge is -2.04. The Labute approximate surface area is 87.4 Å². The highest BCUT2D eigenvalue weighted by Crippen LogP contribution is 2.12. The molecular formula is C12H9FNO. The second-order valence-electron chi connectivity index (χ2n) is 2.98. The molecule has 1 heterocycles. The third kappa shape index (κ3) is 2.77. The Bertz CT molecular complexity index is 431. The van der Waals surface area contributed by atoms with Crippen molar-refractivity contribution in [1.82, 2.24) is 4.98 Å². The molecule has 0 fully saturated rings. The van der Waals surface area contributed by atoms with Crippen LogP contribution in [0.2, 0.25) is 0 Å². The molecule has 0 aliphatic heterocycles. The average molecular weight is 202 g/mol. The monoisotopic (exact) mass is 202 g/mol. The Morgan fingerprint density at radius 2 is 2.27 bits per heavy atom. The van der Waals surface area contributed by atoms with Gasteiger partial charge in [0.2, 0.25) is 0 Å². The van der Waals surface area contributed by atoms with Gasteiger partial charge in [-0.1, -0.05) is 6.07 Å². The van der Waals surface area contributed by atoms with Crippen LogP contribution in [0.1, 0.15) is 5.69 Å². The zero-order chi connectivity index (χ0) is 10.5. The van der Waals surface area contributed by atoms with Crippen LogP contribution >= 0.6 is 0 Å². The Morgan fingerprint density at radius 1 is 1.33 bits per heavy atom. The number of hydrogen-bond acceptors (Lipinski definition) is 2. The number of hydrogen-bond donors (Lipinski definition) is 0. The third-order valence-corrected chi connectivity index (χ3v) is 1.85. The molecule has 1 aromatic carbocycles. The van der Waals surface area contributed by atoms with Gasteiger partial charge in [-0.05, 0) is 24.3 Å². The summed E-state index contributed by atoms with van der Waals surface area (Å²) in [7, 11) is 0. The molecule has 0 saturated heterocycles. The van der Waals surface area contributed by atoms with Crippen LogP contribution in [0.4, 0.5) is 4.39 Å². The number of nitrogens with zero attached hydrogens (tertiary/aromatic N) is 1. The van der Waals surface area contributed by atoms with E-state index in [1.54, 1.807) is 12.3 Å². The molecule has 0 spiro atoms. The van der Waals surface area contributed by atoms with Gasteiger partial charge in [0.05, 0.1) is 5.69 Å². The number of benzene rings is 1. The molecule has 0 aliphatic rings. The van der Waals surface area contributed by atoms with Gasteiger partial charge in [-0.3, -0.25) is 4.98 Å². The Morgan fingerprint density at radius 3 is 3.00 bits per heavy atom. The van der Waals surface area contributed by atoms with E-state index in [0.29, 0.717) is 12.4 Å². The first-order chi connectivity index (χ1) is 7.34. The van der Waals surface area contributed by atoms with Gasteiger partial charge in [0, 0.05) is 18.3 Å². The van der Waals surface area contributed by atoms with E-state index in [2.05, 4.69) is 11.1 Å². The van der Waals surface area contributed by atoms with Crippen LogP contribution in [0.25, 0.3) is 0 Å². The van der Waals surface area contributed by atoms with E-state index in [4.69, 9.17) is 4.74 Å².